The highest BCUT2D eigenvalue weighted by atomic mass is 16.5. The van der Waals surface area contributed by atoms with Crippen LogP contribution >= 0.6 is 0 Å². The predicted molar refractivity (Wildman–Crippen MR) is 45.4 cm³/mol. The molecule has 2 nitrogen and oxygen atoms in total. The zero-order chi connectivity index (χ0) is 8.69. The van der Waals surface area contributed by atoms with Crippen LogP contribution in [0.5, 0.6) is 0 Å². The molecule has 66 valence electrons. The first-order valence-electron chi connectivity index (χ1n) is 4.37. The maximum absolute atomic E-state index is 10.6. The summed E-state index contributed by atoms with van der Waals surface area (Å²) in [6.07, 6.45) is 4.39. The molecular weight excluding hydrogens is 140 g/mol. The maximum atomic E-state index is 10.6. The fraction of sp³-hybridized carbons (Fsp3) is 0.889. The molecule has 0 aliphatic heterocycles. The van der Waals surface area contributed by atoms with Gasteiger partial charge in [0.1, 0.15) is 6.10 Å². The second kappa shape index (κ2) is 6.20. The topological polar surface area (TPSA) is 26.3 Å². The van der Waals surface area contributed by atoms with E-state index in [1.807, 2.05) is 6.92 Å². The molecule has 0 fully saturated rings. The van der Waals surface area contributed by atoms with E-state index in [2.05, 4.69) is 6.92 Å². The Morgan fingerprint density at radius 1 is 1.45 bits per heavy atom. The standard InChI is InChI=1S/C9H18O2/c1-4-6-7-9(5-2)11-8(3)10/h9H,4-7H2,1-3H3/t9-/m0/s1. The van der Waals surface area contributed by atoms with E-state index in [4.69, 9.17) is 4.74 Å². The van der Waals surface area contributed by atoms with Crippen molar-refractivity contribution in [3.8, 4) is 0 Å². The van der Waals surface area contributed by atoms with Gasteiger partial charge in [-0.25, -0.2) is 0 Å². The Hall–Kier alpha value is -0.530. The number of unbranched alkanes of at least 4 members (excludes halogenated alkanes) is 1. The molecule has 0 spiro atoms. The van der Waals surface area contributed by atoms with Crippen LogP contribution in [0, 0.1) is 0 Å². The van der Waals surface area contributed by atoms with Crippen molar-refractivity contribution in [2.24, 2.45) is 0 Å². The minimum Gasteiger partial charge on any atom is -0.463 e. The van der Waals surface area contributed by atoms with Crippen LogP contribution in [0.15, 0.2) is 0 Å². The first-order chi connectivity index (χ1) is 5.20. The number of carbonyl (C=O) groups is 1. The second-order valence-electron chi connectivity index (χ2n) is 2.78. The molecule has 0 aromatic rings. The summed E-state index contributed by atoms with van der Waals surface area (Å²) < 4.78 is 5.06. The largest absolute Gasteiger partial charge is 0.463 e. The van der Waals surface area contributed by atoms with Gasteiger partial charge in [-0.05, 0) is 12.8 Å². The Kier molecular flexibility index (Phi) is 5.90. The zero-order valence-electron chi connectivity index (χ0n) is 7.72. The minimum atomic E-state index is -0.159. The monoisotopic (exact) mass is 158 g/mol. The van der Waals surface area contributed by atoms with Crippen LogP contribution in [0.2, 0.25) is 0 Å². The fourth-order valence-corrected chi connectivity index (χ4v) is 1.01. The molecule has 0 saturated carbocycles. The Morgan fingerprint density at radius 2 is 2.09 bits per heavy atom. The highest BCUT2D eigenvalue weighted by Gasteiger charge is 2.07. The minimum absolute atomic E-state index is 0.146. The van der Waals surface area contributed by atoms with E-state index in [-0.39, 0.29) is 12.1 Å². The Labute approximate surface area is 68.9 Å². The zero-order valence-corrected chi connectivity index (χ0v) is 7.72. The van der Waals surface area contributed by atoms with E-state index in [1.54, 1.807) is 0 Å². The van der Waals surface area contributed by atoms with Gasteiger partial charge in [0.2, 0.25) is 0 Å². The van der Waals surface area contributed by atoms with E-state index in [1.165, 1.54) is 6.92 Å². The maximum Gasteiger partial charge on any atom is 0.302 e. The third-order valence-corrected chi connectivity index (χ3v) is 1.67. The summed E-state index contributed by atoms with van der Waals surface area (Å²) in [6.45, 7) is 5.65. The van der Waals surface area contributed by atoms with Gasteiger partial charge in [-0.2, -0.15) is 0 Å². The average molecular weight is 158 g/mol. The smallest absolute Gasteiger partial charge is 0.302 e. The van der Waals surface area contributed by atoms with Crippen molar-refractivity contribution < 1.29 is 9.53 Å². The molecule has 0 heterocycles. The van der Waals surface area contributed by atoms with E-state index < -0.39 is 0 Å². The molecular formula is C9H18O2. The molecule has 11 heavy (non-hydrogen) atoms. The number of hydrogen-bond donors (Lipinski definition) is 0. The van der Waals surface area contributed by atoms with Crippen LogP contribution in [0.1, 0.15) is 46.5 Å². The number of esters is 1. The van der Waals surface area contributed by atoms with Crippen LogP contribution in [0.25, 0.3) is 0 Å². The second-order valence-corrected chi connectivity index (χ2v) is 2.78. The van der Waals surface area contributed by atoms with Crippen molar-refractivity contribution in [1.29, 1.82) is 0 Å². The predicted octanol–water partition coefficient (Wildman–Crippen LogP) is 2.52. The van der Waals surface area contributed by atoms with Crippen molar-refractivity contribution in [3.63, 3.8) is 0 Å². The third kappa shape index (κ3) is 5.89. The molecule has 0 aliphatic rings. The molecule has 1 atom stereocenters. The van der Waals surface area contributed by atoms with Crippen molar-refractivity contribution in [1.82, 2.24) is 0 Å². The molecule has 0 saturated heterocycles. The Bertz CT molecular complexity index is 110. The Balaban J connectivity index is 3.49. The van der Waals surface area contributed by atoms with Gasteiger partial charge < -0.3 is 4.74 Å². The van der Waals surface area contributed by atoms with Crippen LogP contribution in [0.3, 0.4) is 0 Å². The van der Waals surface area contributed by atoms with Crippen molar-refractivity contribution in [3.05, 3.63) is 0 Å². The van der Waals surface area contributed by atoms with Gasteiger partial charge in [-0.1, -0.05) is 26.7 Å². The lowest BCUT2D eigenvalue weighted by atomic mass is 10.1. The molecule has 0 unspecified atom stereocenters. The average Bonchev–Trinajstić information content (AvgIpc) is 1.97. The van der Waals surface area contributed by atoms with Crippen LogP contribution < -0.4 is 0 Å². The molecule has 2 heteroatoms. The fourth-order valence-electron chi connectivity index (χ4n) is 1.01. The lowest BCUT2D eigenvalue weighted by Gasteiger charge is -2.13. The molecule has 0 bridgehead atoms. The van der Waals surface area contributed by atoms with Gasteiger partial charge >= 0.3 is 5.97 Å². The first-order valence-corrected chi connectivity index (χ1v) is 4.37. The van der Waals surface area contributed by atoms with Crippen LogP contribution in [-0.2, 0) is 9.53 Å². The summed E-state index contributed by atoms with van der Waals surface area (Å²) in [5, 5.41) is 0. The van der Waals surface area contributed by atoms with Gasteiger partial charge in [0, 0.05) is 6.92 Å². The molecule has 0 aliphatic carbocycles. The third-order valence-electron chi connectivity index (χ3n) is 1.67. The molecule has 0 rings (SSSR count). The number of ether oxygens (including phenoxy) is 1. The van der Waals surface area contributed by atoms with Gasteiger partial charge in [-0.15, -0.1) is 0 Å². The van der Waals surface area contributed by atoms with Gasteiger partial charge in [-0.3, -0.25) is 4.79 Å². The first kappa shape index (κ1) is 10.5. The lowest BCUT2D eigenvalue weighted by molar-refractivity contribution is -0.146. The van der Waals surface area contributed by atoms with Gasteiger partial charge in [0.25, 0.3) is 0 Å². The summed E-state index contributed by atoms with van der Waals surface area (Å²) in [5.74, 6) is -0.159. The summed E-state index contributed by atoms with van der Waals surface area (Å²) in [5.41, 5.74) is 0. The van der Waals surface area contributed by atoms with E-state index >= 15 is 0 Å². The van der Waals surface area contributed by atoms with E-state index in [0.29, 0.717) is 0 Å². The summed E-state index contributed by atoms with van der Waals surface area (Å²) in [7, 11) is 0. The highest BCUT2D eigenvalue weighted by molar-refractivity contribution is 5.66. The van der Waals surface area contributed by atoms with Crippen LogP contribution in [0.4, 0.5) is 0 Å². The summed E-state index contributed by atoms with van der Waals surface area (Å²) >= 11 is 0. The van der Waals surface area contributed by atoms with E-state index in [9.17, 15) is 4.79 Å². The van der Waals surface area contributed by atoms with Crippen LogP contribution in [-0.4, -0.2) is 12.1 Å². The molecule has 0 radical (unpaired) electrons. The molecule has 0 aromatic heterocycles. The number of carbonyl (C=O) groups excluding carboxylic acids is 1. The van der Waals surface area contributed by atoms with E-state index in [0.717, 1.165) is 25.7 Å². The Morgan fingerprint density at radius 3 is 2.45 bits per heavy atom. The lowest BCUT2D eigenvalue weighted by Crippen LogP contribution is -2.14. The molecule has 0 amide bonds. The van der Waals surface area contributed by atoms with Crippen molar-refractivity contribution in [2.75, 3.05) is 0 Å². The highest BCUT2D eigenvalue weighted by Crippen LogP contribution is 2.08. The van der Waals surface area contributed by atoms with Gasteiger partial charge in [0.15, 0.2) is 0 Å². The quantitative estimate of drug-likeness (QED) is 0.575. The van der Waals surface area contributed by atoms with Crippen molar-refractivity contribution >= 4 is 5.97 Å². The normalized spacial score (nSPS) is 12.6. The summed E-state index contributed by atoms with van der Waals surface area (Å²) in [6, 6.07) is 0. The SMILES string of the molecule is CCCC[C@H](CC)OC(C)=O. The van der Waals surface area contributed by atoms with Gasteiger partial charge in [0.05, 0.1) is 0 Å². The summed E-state index contributed by atoms with van der Waals surface area (Å²) in [4.78, 5) is 10.6. The number of hydrogen-bond acceptors (Lipinski definition) is 2. The van der Waals surface area contributed by atoms with Crippen molar-refractivity contribution in [2.45, 2.75) is 52.6 Å². The molecule has 0 aromatic carbocycles. The number of rotatable bonds is 5. The molecule has 0 N–H and O–H groups in total.